The topological polar surface area (TPSA) is 55.6 Å². The second-order valence-electron chi connectivity index (χ2n) is 4.93. The summed E-state index contributed by atoms with van der Waals surface area (Å²) >= 11 is 0. The second kappa shape index (κ2) is 4.84. The summed E-state index contributed by atoms with van der Waals surface area (Å²) < 4.78 is 5.15. The van der Waals surface area contributed by atoms with Gasteiger partial charge in [0.15, 0.2) is 0 Å². The van der Waals surface area contributed by atoms with Crippen LogP contribution >= 0.6 is 0 Å². The van der Waals surface area contributed by atoms with Gasteiger partial charge in [-0.15, -0.1) is 0 Å². The van der Waals surface area contributed by atoms with Crippen molar-refractivity contribution in [1.29, 1.82) is 0 Å². The van der Waals surface area contributed by atoms with E-state index >= 15 is 0 Å². The number of ether oxygens (including phenoxy) is 1. The highest BCUT2D eigenvalue weighted by Gasteiger charge is 2.31. The van der Waals surface area contributed by atoms with Crippen LogP contribution < -0.4 is 5.73 Å². The van der Waals surface area contributed by atoms with Crippen LogP contribution in [0.25, 0.3) is 0 Å². The number of hydrogen-bond acceptors (Lipinski definition) is 3. The lowest BCUT2D eigenvalue weighted by molar-refractivity contribution is 0.0542. The van der Waals surface area contributed by atoms with E-state index in [0.29, 0.717) is 6.54 Å². The fourth-order valence-corrected chi connectivity index (χ4v) is 1.71. The third kappa shape index (κ3) is 3.38. The quantitative estimate of drug-likeness (QED) is 0.759. The smallest absolute Gasteiger partial charge is 0.410 e. The van der Waals surface area contributed by atoms with E-state index in [2.05, 4.69) is 6.92 Å². The van der Waals surface area contributed by atoms with E-state index in [9.17, 15) is 4.79 Å². The molecule has 1 amide bonds. The molecule has 4 nitrogen and oxygen atoms in total. The van der Waals surface area contributed by atoms with Crippen LogP contribution in [0.2, 0.25) is 0 Å². The lowest BCUT2D eigenvalue weighted by Gasteiger charge is -2.38. The van der Waals surface area contributed by atoms with E-state index in [-0.39, 0.29) is 17.6 Å². The van der Waals surface area contributed by atoms with Crippen molar-refractivity contribution in [3.63, 3.8) is 0 Å². The molecule has 0 saturated carbocycles. The molecule has 2 N–H and O–H groups in total. The maximum absolute atomic E-state index is 11.6. The van der Waals surface area contributed by atoms with Gasteiger partial charge < -0.3 is 15.4 Å². The second-order valence-corrected chi connectivity index (χ2v) is 4.93. The molecule has 0 unspecified atom stereocenters. The molecule has 15 heavy (non-hydrogen) atoms. The van der Waals surface area contributed by atoms with Crippen LogP contribution in [0.15, 0.2) is 0 Å². The molecule has 1 aliphatic heterocycles. The maximum Gasteiger partial charge on any atom is 0.410 e. The first-order valence-electron chi connectivity index (χ1n) is 5.62. The highest BCUT2D eigenvalue weighted by atomic mass is 16.6. The van der Waals surface area contributed by atoms with Gasteiger partial charge in [-0.05, 0) is 38.6 Å². The molecule has 0 radical (unpaired) electrons. The predicted octanol–water partition coefficient (Wildman–Crippen LogP) is 1.59. The van der Waals surface area contributed by atoms with Gasteiger partial charge in [-0.25, -0.2) is 4.79 Å². The highest BCUT2D eigenvalue weighted by molar-refractivity contribution is 5.67. The average Bonchev–Trinajstić information content (AvgIpc) is 2.18. The van der Waals surface area contributed by atoms with Crippen LogP contribution in [0.1, 0.15) is 33.6 Å². The monoisotopic (exact) mass is 214 g/mol. The van der Waals surface area contributed by atoms with Crippen LogP contribution in [0.3, 0.4) is 0 Å². The SMILES string of the molecule is CC(C)OC(=O)N1CCC(C)(CN)CC1. The Hall–Kier alpha value is -0.770. The highest BCUT2D eigenvalue weighted by Crippen LogP contribution is 2.29. The first-order valence-corrected chi connectivity index (χ1v) is 5.62. The molecule has 1 saturated heterocycles. The molecule has 0 spiro atoms. The van der Waals surface area contributed by atoms with Crippen molar-refractivity contribution in [1.82, 2.24) is 4.90 Å². The molecule has 88 valence electrons. The van der Waals surface area contributed by atoms with Gasteiger partial charge in [-0.3, -0.25) is 0 Å². The van der Waals surface area contributed by atoms with E-state index in [4.69, 9.17) is 10.5 Å². The number of hydrogen-bond donors (Lipinski definition) is 1. The van der Waals surface area contributed by atoms with Gasteiger partial charge in [-0.2, -0.15) is 0 Å². The normalized spacial score (nSPS) is 20.5. The Bertz CT molecular complexity index is 221. The minimum atomic E-state index is -0.191. The third-order valence-electron chi connectivity index (χ3n) is 3.06. The summed E-state index contributed by atoms with van der Waals surface area (Å²) in [6.45, 7) is 8.13. The molecule has 0 aliphatic carbocycles. The summed E-state index contributed by atoms with van der Waals surface area (Å²) in [7, 11) is 0. The summed E-state index contributed by atoms with van der Waals surface area (Å²) in [6.07, 6.45) is 1.71. The maximum atomic E-state index is 11.6. The van der Waals surface area contributed by atoms with E-state index in [1.807, 2.05) is 13.8 Å². The molecule has 0 aromatic rings. The molecule has 0 aromatic heterocycles. The van der Waals surface area contributed by atoms with Crippen molar-refractivity contribution in [2.45, 2.75) is 39.7 Å². The summed E-state index contributed by atoms with van der Waals surface area (Å²) in [5.74, 6) is 0. The fraction of sp³-hybridized carbons (Fsp3) is 0.909. The Balaban J connectivity index is 2.40. The third-order valence-corrected chi connectivity index (χ3v) is 3.06. The lowest BCUT2D eigenvalue weighted by Crippen LogP contribution is -2.45. The summed E-state index contributed by atoms with van der Waals surface area (Å²) in [5.41, 5.74) is 5.91. The Labute approximate surface area is 91.8 Å². The molecule has 0 atom stereocenters. The Kier molecular flexibility index (Phi) is 3.97. The number of carbonyl (C=O) groups excluding carboxylic acids is 1. The zero-order valence-corrected chi connectivity index (χ0v) is 9.95. The molecule has 1 rings (SSSR count). The number of amides is 1. The number of piperidine rings is 1. The first-order chi connectivity index (χ1) is 6.97. The number of likely N-dealkylation sites (tertiary alicyclic amines) is 1. The van der Waals surface area contributed by atoms with E-state index in [0.717, 1.165) is 25.9 Å². The van der Waals surface area contributed by atoms with Crippen LogP contribution in [0, 0.1) is 5.41 Å². The van der Waals surface area contributed by atoms with Crippen molar-refractivity contribution in [3.05, 3.63) is 0 Å². The minimum absolute atomic E-state index is 0.0414. The first kappa shape index (κ1) is 12.3. The van der Waals surface area contributed by atoms with Crippen molar-refractivity contribution in [2.75, 3.05) is 19.6 Å². The van der Waals surface area contributed by atoms with Crippen molar-refractivity contribution >= 4 is 6.09 Å². The number of nitrogens with two attached hydrogens (primary N) is 1. The van der Waals surface area contributed by atoms with E-state index in [1.165, 1.54) is 0 Å². The molecule has 0 aromatic carbocycles. The zero-order valence-electron chi connectivity index (χ0n) is 9.95. The minimum Gasteiger partial charge on any atom is -0.447 e. The van der Waals surface area contributed by atoms with Crippen LogP contribution in [0.5, 0.6) is 0 Å². The van der Waals surface area contributed by atoms with E-state index < -0.39 is 0 Å². The summed E-state index contributed by atoms with van der Waals surface area (Å²) in [6, 6.07) is 0. The summed E-state index contributed by atoms with van der Waals surface area (Å²) in [5, 5.41) is 0. The summed E-state index contributed by atoms with van der Waals surface area (Å²) in [4.78, 5) is 13.4. The Morgan fingerprint density at radius 2 is 2.00 bits per heavy atom. The zero-order chi connectivity index (χ0) is 11.5. The molecule has 1 heterocycles. The fourth-order valence-electron chi connectivity index (χ4n) is 1.71. The van der Waals surface area contributed by atoms with Gasteiger partial charge in [0, 0.05) is 13.1 Å². The van der Waals surface area contributed by atoms with Crippen LogP contribution in [-0.2, 0) is 4.74 Å². The molecular weight excluding hydrogens is 192 g/mol. The van der Waals surface area contributed by atoms with Crippen LogP contribution in [0.4, 0.5) is 4.79 Å². The van der Waals surface area contributed by atoms with Gasteiger partial charge in [-0.1, -0.05) is 6.92 Å². The molecule has 1 aliphatic rings. The van der Waals surface area contributed by atoms with Gasteiger partial charge in [0.1, 0.15) is 0 Å². The van der Waals surface area contributed by atoms with Crippen molar-refractivity contribution in [2.24, 2.45) is 11.1 Å². The largest absolute Gasteiger partial charge is 0.447 e. The van der Waals surface area contributed by atoms with Gasteiger partial charge in [0.25, 0.3) is 0 Å². The Morgan fingerprint density at radius 1 is 1.47 bits per heavy atom. The predicted molar refractivity (Wildman–Crippen MR) is 59.6 cm³/mol. The van der Waals surface area contributed by atoms with Crippen molar-refractivity contribution < 1.29 is 9.53 Å². The molecule has 4 heteroatoms. The van der Waals surface area contributed by atoms with Gasteiger partial charge in [0.05, 0.1) is 6.10 Å². The molecule has 0 bridgehead atoms. The number of rotatable bonds is 2. The van der Waals surface area contributed by atoms with Gasteiger partial charge in [0.2, 0.25) is 0 Å². The van der Waals surface area contributed by atoms with Gasteiger partial charge >= 0.3 is 6.09 Å². The van der Waals surface area contributed by atoms with Crippen LogP contribution in [-0.4, -0.2) is 36.7 Å². The molecular formula is C11H22N2O2. The standard InChI is InChI=1S/C11H22N2O2/c1-9(2)15-10(14)13-6-4-11(3,8-12)5-7-13/h9H,4-8,12H2,1-3H3. The van der Waals surface area contributed by atoms with Crippen molar-refractivity contribution in [3.8, 4) is 0 Å². The Morgan fingerprint density at radius 3 is 2.40 bits per heavy atom. The molecule has 1 fully saturated rings. The van der Waals surface area contributed by atoms with E-state index in [1.54, 1.807) is 4.90 Å². The number of carbonyl (C=O) groups is 1. The lowest BCUT2D eigenvalue weighted by atomic mass is 9.81. The average molecular weight is 214 g/mol. The number of nitrogens with zero attached hydrogens (tertiary/aromatic N) is 1.